The van der Waals surface area contributed by atoms with E-state index in [1.54, 1.807) is 0 Å². The van der Waals surface area contributed by atoms with Gasteiger partial charge < -0.3 is 15.1 Å². The first kappa shape index (κ1) is 24.8. The Morgan fingerprint density at radius 3 is 2.47 bits per heavy atom. The fraction of sp³-hybridized carbons (Fsp3) is 0.345. The van der Waals surface area contributed by atoms with Crippen LogP contribution in [0.15, 0.2) is 81.3 Å². The Labute approximate surface area is 227 Å². The number of anilines is 2. The molecule has 6 rings (SSSR count). The van der Waals surface area contributed by atoms with Gasteiger partial charge in [-0.2, -0.15) is 15.0 Å². The van der Waals surface area contributed by atoms with Gasteiger partial charge in [-0.3, -0.25) is 9.79 Å². The Balaban J connectivity index is 1.18. The minimum Gasteiger partial charge on any atom is -0.338 e. The van der Waals surface area contributed by atoms with E-state index in [1.165, 1.54) is 30.2 Å². The predicted octanol–water partition coefficient (Wildman–Crippen LogP) is 4.36. The molecule has 9 heteroatoms. The zero-order chi connectivity index (χ0) is 25.9. The first-order valence-corrected chi connectivity index (χ1v) is 14.0. The van der Waals surface area contributed by atoms with Crippen molar-refractivity contribution < 1.29 is 4.79 Å². The van der Waals surface area contributed by atoms with Crippen LogP contribution in [0, 0.1) is 5.92 Å². The smallest absolute Gasteiger partial charge is 0.234 e. The maximum atomic E-state index is 12.6. The molecule has 38 heavy (non-hydrogen) atoms. The molecule has 0 radical (unpaired) electrons. The van der Waals surface area contributed by atoms with E-state index < -0.39 is 0 Å². The number of aromatic nitrogens is 3. The summed E-state index contributed by atoms with van der Waals surface area (Å²) in [6.45, 7) is 4.46. The average molecular weight is 526 g/mol. The second-order valence-electron chi connectivity index (χ2n) is 10.1. The van der Waals surface area contributed by atoms with E-state index in [2.05, 4.69) is 33.2 Å². The highest BCUT2D eigenvalue weighted by molar-refractivity contribution is 7.99. The van der Waals surface area contributed by atoms with Crippen molar-refractivity contribution in [1.82, 2.24) is 19.9 Å². The number of benzene rings is 2. The third-order valence-electron chi connectivity index (χ3n) is 7.08. The summed E-state index contributed by atoms with van der Waals surface area (Å²) in [5.41, 5.74) is 3.12. The number of rotatable bonds is 8. The number of nitrogens with zero attached hydrogens (tertiary/aromatic N) is 6. The van der Waals surface area contributed by atoms with E-state index in [4.69, 9.17) is 15.0 Å². The van der Waals surface area contributed by atoms with Crippen LogP contribution in [0.1, 0.15) is 28.8 Å². The summed E-state index contributed by atoms with van der Waals surface area (Å²) in [7, 11) is 2.14. The Kier molecular flexibility index (Phi) is 7.20. The Morgan fingerprint density at radius 1 is 0.974 bits per heavy atom. The fourth-order valence-electron chi connectivity index (χ4n) is 4.62. The van der Waals surface area contributed by atoms with Crippen LogP contribution in [-0.4, -0.2) is 71.2 Å². The lowest BCUT2D eigenvalue weighted by atomic mass is 10.0. The predicted molar refractivity (Wildman–Crippen MR) is 151 cm³/mol. The van der Waals surface area contributed by atoms with Gasteiger partial charge in [0.2, 0.25) is 11.9 Å². The largest absolute Gasteiger partial charge is 0.338 e. The van der Waals surface area contributed by atoms with E-state index in [1.807, 2.05) is 54.6 Å². The van der Waals surface area contributed by atoms with Crippen LogP contribution in [0.4, 0.5) is 11.9 Å². The topological polar surface area (TPSA) is 86.6 Å². The van der Waals surface area contributed by atoms with Gasteiger partial charge in [-0.15, -0.1) is 0 Å². The first-order valence-electron chi connectivity index (χ1n) is 13.2. The summed E-state index contributed by atoms with van der Waals surface area (Å²) < 4.78 is 0. The van der Waals surface area contributed by atoms with Crippen molar-refractivity contribution in [3.8, 4) is 0 Å². The minimum absolute atomic E-state index is 0.115. The van der Waals surface area contributed by atoms with Gasteiger partial charge in [-0.25, -0.2) is 0 Å². The molecule has 1 saturated carbocycles. The van der Waals surface area contributed by atoms with Crippen LogP contribution < -0.4 is 10.2 Å². The molecule has 194 valence electrons. The van der Waals surface area contributed by atoms with Crippen LogP contribution in [0.25, 0.3) is 0 Å². The summed E-state index contributed by atoms with van der Waals surface area (Å²) in [5.74, 6) is 2.85. The highest BCUT2D eigenvalue weighted by Crippen LogP contribution is 2.38. The molecule has 1 aliphatic carbocycles. The zero-order valence-electron chi connectivity index (χ0n) is 21.5. The molecule has 3 aromatic rings. The maximum Gasteiger partial charge on any atom is 0.234 e. The molecule has 0 bridgehead atoms. The molecule has 2 fully saturated rings. The highest BCUT2D eigenvalue weighted by atomic mass is 32.2. The number of amidine groups is 1. The van der Waals surface area contributed by atoms with E-state index in [0.717, 1.165) is 54.6 Å². The summed E-state index contributed by atoms with van der Waals surface area (Å²) in [4.78, 5) is 37.1. The zero-order valence-corrected chi connectivity index (χ0v) is 22.3. The number of hydrogen-bond acceptors (Lipinski definition) is 9. The number of carbonyl (C=O) groups is 1. The summed E-state index contributed by atoms with van der Waals surface area (Å²) in [5, 5.41) is 3.97. The van der Waals surface area contributed by atoms with Crippen LogP contribution in [0.3, 0.4) is 0 Å². The van der Waals surface area contributed by atoms with Crippen molar-refractivity contribution in [2.45, 2.75) is 29.3 Å². The van der Waals surface area contributed by atoms with Crippen molar-refractivity contribution >= 4 is 35.3 Å². The normalized spacial score (nSPS) is 17.8. The molecule has 2 aliphatic heterocycles. The Hall–Kier alpha value is -3.56. The average Bonchev–Trinajstić information content (AvgIpc) is 3.69. The SMILES string of the molecule is CN1CCN(c2nc(NC3=NCC(C4CC4)=C3)nc(Sc3ccc(CC(=O)c4ccccc4)cc3)n2)CC1. The molecule has 3 aliphatic rings. The molecular formula is C29H31N7OS. The van der Waals surface area contributed by atoms with E-state index in [9.17, 15) is 4.79 Å². The fourth-order valence-corrected chi connectivity index (χ4v) is 5.36. The van der Waals surface area contributed by atoms with Gasteiger partial charge >= 0.3 is 0 Å². The number of carbonyl (C=O) groups excluding carboxylic acids is 1. The summed E-state index contributed by atoms with van der Waals surface area (Å²) in [6, 6.07) is 17.5. The lowest BCUT2D eigenvalue weighted by Gasteiger charge is -2.32. The van der Waals surface area contributed by atoms with Gasteiger partial charge in [0.25, 0.3) is 0 Å². The number of nitrogens with one attached hydrogen (secondary N) is 1. The van der Waals surface area contributed by atoms with Crippen molar-refractivity contribution in [2.24, 2.45) is 10.9 Å². The quantitative estimate of drug-likeness (QED) is 0.434. The van der Waals surface area contributed by atoms with Gasteiger partial charge in [0, 0.05) is 43.1 Å². The molecule has 1 aromatic heterocycles. The van der Waals surface area contributed by atoms with Gasteiger partial charge in [0.15, 0.2) is 10.9 Å². The van der Waals surface area contributed by atoms with E-state index in [-0.39, 0.29) is 5.78 Å². The third kappa shape index (κ3) is 6.11. The van der Waals surface area contributed by atoms with Crippen LogP contribution in [-0.2, 0) is 6.42 Å². The standard InChI is InChI=1S/C29H31N7OS/c1-35-13-15-36(16-14-35)28-32-27(31-26-18-23(19-30-26)21-9-10-21)33-29(34-28)38-24-11-7-20(8-12-24)17-25(37)22-5-3-2-4-6-22/h2-8,11-12,18,21H,9-10,13-17,19H2,1H3,(H,30,31,32,33,34). The number of likely N-dealkylation sites (N-methyl/N-ethyl adjacent to an activating group) is 1. The van der Waals surface area contributed by atoms with Crippen molar-refractivity contribution in [3.63, 3.8) is 0 Å². The highest BCUT2D eigenvalue weighted by Gasteiger charge is 2.28. The van der Waals surface area contributed by atoms with Crippen LogP contribution in [0.2, 0.25) is 0 Å². The summed E-state index contributed by atoms with van der Waals surface area (Å²) >= 11 is 1.50. The molecule has 8 nitrogen and oxygen atoms in total. The Morgan fingerprint density at radius 2 is 1.74 bits per heavy atom. The molecule has 1 N–H and O–H groups in total. The van der Waals surface area contributed by atoms with Crippen LogP contribution >= 0.6 is 11.8 Å². The number of aliphatic imine (C=N–C) groups is 1. The molecular weight excluding hydrogens is 494 g/mol. The molecule has 0 unspecified atom stereocenters. The first-order chi connectivity index (χ1) is 18.6. The number of ketones is 1. The van der Waals surface area contributed by atoms with Gasteiger partial charge in [0.1, 0.15) is 5.84 Å². The molecule has 0 amide bonds. The van der Waals surface area contributed by atoms with Gasteiger partial charge in [-0.1, -0.05) is 42.5 Å². The molecule has 2 aromatic carbocycles. The van der Waals surface area contributed by atoms with Crippen LogP contribution in [0.5, 0.6) is 0 Å². The third-order valence-corrected chi connectivity index (χ3v) is 7.95. The van der Waals surface area contributed by atoms with Gasteiger partial charge in [0.05, 0.1) is 6.54 Å². The molecule has 0 spiro atoms. The molecule has 3 heterocycles. The maximum absolute atomic E-state index is 12.6. The van der Waals surface area contributed by atoms with E-state index in [0.29, 0.717) is 29.4 Å². The van der Waals surface area contributed by atoms with Gasteiger partial charge in [-0.05, 0) is 66.9 Å². The molecule has 1 saturated heterocycles. The molecule has 0 atom stereocenters. The van der Waals surface area contributed by atoms with Crippen molar-refractivity contribution in [1.29, 1.82) is 0 Å². The monoisotopic (exact) mass is 525 g/mol. The Bertz CT molecular complexity index is 1360. The number of piperazine rings is 1. The minimum atomic E-state index is 0.115. The number of Topliss-reactive ketones (excluding diaryl/α,β-unsaturated/α-hetero) is 1. The summed E-state index contributed by atoms with van der Waals surface area (Å²) in [6.07, 6.45) is 5.07. The second-order valence-corrected chi connectivity index (χ2v) is 11.1. The second kappa shape index (κ2) is 11.0. The van der Waals surface area contributed by atoms with Crippen molar-refractivity contribution in [3.05, 3.63) is 77.4 Å². The lowest BCUT2D eigenvalue weighted by Crippen LogP contribution is -2.45. The lowest BCUT2D eigenvalue weighted by molar-refractivity contribution is 0.0993. The van der Waals surface area contributed by atoms with E-state index >= 15 is 0 Å². The number of hydrogen-bond donors (Lipinski definition) is 1. The van der Waals surface area contributed by atoms with Crippen molar-refractivity contribution in [2.75, 3.05) is 50.0 Å².